The summed E-state index contributed by atoms with van der Waals surface area (Å²) >= 11 is 0. The molecule has 0 saturated heterocycles. The smallest absolute Gasteiger partial charge is 0.0540 e. The molecule has 0 radical (unpaired) electrons. The molecule has 0 heterocycles. The van der Waals surface area contributed by atoms with Crippen molar-refractivity contribution >= 4 is 71.6 Å². The molecule has 14 rings (SSSR count). The number of rotatable bonds is 4. The lowest BCUT2D eigenvalue weighted by atomic mass is 9.63. The van der Waals surface area contributed by atoms with Crippen LogP contribution < -0.4 is 5.22 Å². The number of fused-ring (bicyclic) bond motifs is 11. The van der Waals surface area contributed by atoms with Crippen molar-refractivity contribution in [2.75, 3.05) is 0 Å². The zero-order chi connectivity index (χ0) is 42.3. The molecule has 0 aliphatic heterocycles. The average molecular weight is 817 g/mol. The molecule has 0 amide bonds. The third-order valence-corrected chi connectivity index (χ3v) is 16.1. The van der Waals surface area contributed by atoms with E-state index in [1.54, 1.807) is 11.1 Å². The molecule has 9 aromatic carbocycles. The maximum absolute atomic E-state index is 2.56. The predicted molar refractivity (Wildman–Crippen MR) is 274 cm³/mol. The minimum absolute atomic E-state index is 0.273. The van der Waals surface area contributed by atoms with E-state index in [2.05, 4.69) is 196 Å². The van der Waals surface area contributed by atoms with Gasteiger partial charge in [0.25, 0.3) is 0 Å². The van der Waals surface area contributed by atoms with Crippen molar-refractivity contribution in [3.63, 3.8) is 0 Å². The molecule has 0 saturated carbocycles. The molecule has 0 aromatic heterocycles. The molecule has 9 aromatic rings. The maximum Gasteiger partial charge on any atom is 0.0540 e. The number of hydrogen-bond donors (Lipinski definition) is 0. The van der Waals surface area contributed by atoms with Gasteiger partial charge in [-0.1, -0.05) is 189 Å². The summed E-state index contributed by atoms with van der Waals surface area (Å²) in [6, 6.07) is 47.6. The van der Waals surface area contributed by atoms with Gasteiger partial charge in [0.05, 0.1) is 5.41 Å². The van der Waals surface area contributed by atoms with Crippen LogP contribution in [-0.2, 0) is 11.8 Å². The number of allylic oxidation sites excluding steroid dienone is 10. The topological polar surface area (TPSA) is 0 Å². The lowest BCUT2D eigenvalue weighted by molar-refractivity contribution is 0.430. The molecule has 1 spiro atoms. The van der Waals surface area contributed by atoms with Gasteiger partial charge < -0.3 is 0 Å². The van der Waals surface area contributed by atoms with E-state index in [9.17, 15) is 0 Å². The summed E-state index contributed by atoms with van der Waals surface area (Å²) in [5, 5.41) is 14.9. The van der Waals surface area contributed by atoms with Gasteiger partial charge in [-0.05, 0) is 171 Å². The molecule has 304 valence electrons. The Hall–Kier alpha value is -7.02. The van der Waals surface area contributed by atoms with Crippen LogP contribution in [0.1, 0.15) is 72.9 Å². The second-order valence-corrected chi connectivity index (χ2v) is 18.9. The van der Waals surface area contributed by atoms with Crippen molar-refractivity contribution < 1.29 is 0 Å². The highest BCUT2D eigenvalue weighted by molar-refractivity contribution is 6.32. The first kappa shape index (κ1) is 36.5. The fourth-order valence-corrected chi connectivity index (χ4v) is 13.8. The molecular formula is C64H48. The van der Waals surface area contributed by atoms with Crippen molar-refractivity contribution in [1.82, 2.24) is 0 Å². The number of hydrogen-bond acceptors (Lipinski definition) is 0. The minimum atomic E-state index is -0.273. The second kappa shape index (κ2) is 13.5. The zero-order valence-electron chi connectivity index (χ0n) is 36.5. The van der Waals surface area contributed by atoms with Crippen LogP contribution in [0, 0.1) is 11.8 Å². The number of aryl methyl sites for hydroxylation is 1. The fraction of sp³-hybridized carbons (Fsp3) is 0.156. The molecule has 0 heteroatoms. The van der Waals surface area contributed by atoms with Gasteiger partial charge in [0.2, 0.25) is 0 Å². The van der Waals surface area contributed by atoms with Gasteiger partial charge in [0, 0.05) is 11.8 Å². The standard InChI is InChI=1S/C64H48/c1-3-16-42-38(4-2)17-12-23-43(42)44-24-13-18-39-32-35-50-45(34-31-40-33-36-49(44)58(39)59(40)50)54-37-41-19-14-26-52-60(41)61-48(54)25-15-27-53(61)63-62(52)51-22-9-11-30-57(51)64(63)55-28-7-5-6-20-46(55)47-21-8-10-29-56(47)64/h3,7-12,14-19,21-37,47,56H,4-6,13,20H2,1-2H3/b16-3-. The van der Waals surface area contributed by atoms with Gasteiger partial charge in [-0.2, -0.15) is 0 Å². The molecular weight excluding hydrogens is 769 g/mol. The van der Waals surface area contributed by atoms with Crippen LogP contribution in [0.4, 0.5) is 0 Å². The summed E-state index contributed by atoms with van der Waals surface area (Å²) in [5.74, 6) is 0.723. The quantitative estimate of drug-likeness (QED) is 0.155. The van der Waals surface area contributed by atoms with E-state index in [1.165, 1.54) is 127 Å². The Morgan fingerprint density at radius 2 is 1.44 bits per heavy atom. The van der Waals surface area contributed by atoms with Gasteiger partial charge in [0.15, 0.2) is 0 Å². The summed E-state index contributed by atoms with van der Waals surface area (Å²) in [5.41, 5.74) is 18.1. The Kier molecular flexibility index (Phi) is 7.69. The van der Waals surface area contributed by atoms with Crippen LogP contribution in [0.5, 0.6) is 0 Å². The van der Waals surface area contributed by atoms with Crippen molar-refractivity contribution in [2.24, 2.45) is 11.8 Å². The highest BCUT2D eigenvalue weighted by Crippen LogP contribution is 2.68. The van der Waals surface area contributed by atoms with Gasteiger partial charge in [-0.3, -0.25) is 0 Å². The first-order valence-corrected chi connectivity index (χ1v) is 23.7. The Balaban J connectivity index is 1.07. The van der Waals surface area contributed by atoms with Crippen LogP contribution in [-0.4, -0.2) is 0 Å². The molecule has 0 fully saturated rings. The molecule has 0 nitrogen and oxygen atoms in total. The predicted octanol–water partition coefficient (Wildman–Crippen LogP) is 16.2. The van der Waals surface area contributed by atoms with Crippen molar-refractivity contribution in [2.45, 2.75) is 51.4 Å². The van der Waals surface area contributed by atoms with Crippen LogP contribution in [0.3, 0.4) is 0 Å². The normalized spacial score (nSPS) is 20.8. The van der Waals surface area contributed by atoms with Gasteiger partial charge in [-0.25, -0.2) is 0 Å². The molecule has 5 aliphatic carbocycles. The zero-order valence-corrected chi connectivity index (χ0v) is 36.5. The largest absolute Gasteiger partial charge is 0.0870 e. The first-order valence-electron chi connectivity index (χ1n) is 23.7. The van der Waals surface area contributed by atoms with Crippen LogP contribution >= 0.6 is 0 Å². The summed E-state index contributed by atoms with van der Waals surface area (Å²) in [6.45, 7) is 4.41. The summed E-state index contributed by atoms with van der Waals surface area (Å²) in [7, 11) is 0. The fourth-order valence-electron chi connectivity index (χ4n) is 13.8. The van der Waals surface area contributed by atoms with Crippen LogP contribution in [0.2, 0.25) is 0 Å². The Bertz CT molecular complexity index is 3780. The Morgan fingerprint density at radius 3 is 2.36 bits per heavy atom. The lowest BCUT2D eigenvalue weighted by Crippen LogP contribution is -2.34. The van der Waals surface area contributed by atoms with Crippen molar-refractivity contribution in [1.29, 1.82) is 0 Å². The van der Waals surface area contributed by atoms with E-state index in [0.717, 1.165) is 25.7 Å². The first-order chi connectivity index (χ1) is 31.7. The molecule has 3 atom stereocenters. The molecule has 0 N–H and O–H groups in total. The molecule has 64 heavy (non-hydrogen) atoms. The Labute approximate surface area is 375 Å². The SMILES string of the molecule is C/C=C\c1c(CC)cccc1C1=CCC=c2ccc3c(-c4cc5cccc6c7c(c8cccc4c8c56)C4(C5=C(CCCC=C5)C5C=CC=CC54)c4ccccc4-7)ccc4ccc1c2c43. The lowest BCUT2D eigenvalue weighted by Gasteiger charge is -2.38. The highest BCUT2D eigenvalue weighted by Gasteiger charge is 2.58. The molecule has 0 bridgehead atoms. The summed E-state index contributed by atoms with van der Waals surface area (Å²) < 4.78 is 0. The van der Waals surface area contributed by atoms with E-state index in [0.29, 0.717) is 11.8 Å². The van der Waals surface area contributed by atoms with E-state index >= 15 is 0 Å². The summed E-state index contributed by atoms with van der Waals surface area (Å²) in [4.78, 5) is 0. The van der Waals surface area contributed by atoms with Crippen molar-refractivity contribution in [3.8, 4) is 22.3 Å². The van der Waals surface area contributed by atoms with Crippen molar-refractivity contribution in [3.05, 3.63) is 220 Å². The maximum atomic E-state index is 2.56. The molecule has 3 unspecified atom stereocenters. The number of benzene rings is 9. The van der Waals surface area contributed by atoms with Gasteiger partial charge >= 0.3 is 0 Å². The third kappa shape index (κ3) is 4.58. The van der Waals surface area contributed by atoms with Gasteiger partial charge in [-0.15, -0.1) is 0 Å². The van der Waals surface area contributed by atoms with Crippen LogP contribution in [0.15, 0.2) is 181 Å². The van der Waals surface area contributed by atoms with Gasteiger partial charge in [0.1, 0.15) is 0 Å². The minimum Gasteiger partial charge on any atom is -0.0870 e. The highest BCUT2D eigenvalue weighted by atomic mass is 14.6. The second-order valence-electron chi connectivity index (χ2n) is 18.9. The molecule has 5 aliphatic rings. The van der Waals surface area contributed by atoms with Crippen LogP contribution in [0.25, 0.3) is 93.8 Å². The average Bonchev–Trinajstić information content (AvgIpc) is 3.53. The third-order valence-electron chi connectivity index (χ3n) is 16.1. The monoisotopic (exact) mass is 816 g/mol. The Morgan fingerprint density at radius 1 is 0.641 bits per heavy atom. The van der Waals surface area contributed by atoms with E-state index in [-0.39, 0.29) is 5.41 Å². The van der Waals surface area contributed by atoms with E-state index < -0.39 is 0 Å². The summed E-state index contributed by atoms with van der Waals surface area (Å²) in [6.07, 6.45) is 29.6. The van der Waals surface area contributed by atoms with E-state index in [4.69, 9.17) is 0 Å². The van der Waals surface area contributed by atoms with E-state index in [1.807, 2.05) is 0 Å².